The molecule has 0 spiro atoms. The van der Waals surface area contributed by atoms with E-state index in [2.05, 4.69) is 4.98 Å². The van der Waals surface area contributed by atoms with Gasteiger partial charge in [-0.15, -0.1) is 0 Å². The highest BCUT2D eigenvalue weighted by atomic mass is 19.4. The van der Waals surface area contributed by atoms with Gasteiger partial charge in [0.25, 0.3) is 5.56 Å². The molecule has 0 aliphatic heterocycles. The summed E-state index contributed by atoms with van der Waals surface area (Å²) in [6.07, 6.45) is -1.89. The second kappa shape index (κ2) is 3.57. The molecular weight excluding hydrogens is 245 g/mol. The third-order valence-corrected chi connectivity index (χ3v) is 3.02. The van der Waals surface area contributed by atoms with Crippen molar-refractivity contribution in [2.75, 3.05) is 0 Å². The molecule has 2 heterocycles. The van der Waals surface area contributed by atoms with Crippen LogP contribution in [0.5, 0.6) is 0 Å². The maximum Gasteiger partial charge on any atom is 0.433 e. The maximum atomic E-state index is 12.9. The van der Waals surface area contributed by atoms with Crippen LogP contribution in [0.15, 0.2) is 29.2 Å². The van der Waals surface area contributed by atoms with Gasteiger partial charge in [0, 0.05) is 6.20 Å². The van der Waals surface area contributed by atoms with Gasteiger partial charge in [-0.2, -0.15) is 13.2 Å². The number of hydrogen-bond acceptors (Lipinski definition) is 2. The third kappa shape index (κ3) is 1.68. The van der Waals surface area contributed by atoms with Crippen LogP contribution in [0.25, 0.3) is 5.65 Å². The van der Waals surface area contributed by atoms with Crippen molar-refractivity contribution in [1.29, 1.82) is 0 Å². The molecule has 0 radical (unpaired) electrons. The molecule has 1 fully saturated rings. The monoisotopic (exact) mass is 254 g/mol. The Labute approximate surface area is 99.9 Å². The van der Waals surface area contributed by atoms with Gasteiger partial charge >= 0.3 is 6.18 Å². The number of hydrogen-bond donors (Lipinski definition) is 0. The quantitative estimate of drug-likeness (QED) is 0.783. The Hall–Kier alpha value is -1.85. The molecule has 0 unspecified atom stereocenters. The summed E-state index contributed by atoms with van der Waals surface area (Å²) >= 11 is 0. The van der Waals surface area contributed by atoms with Crippen molar-refractivity contribution < 1.29 is 13.2 Å². The highest BCUT2D eigenvalue weighted by molar-refractivity contribution is 5.43. The highest BCUT2D eigenvalue weighted by Gasteiger charge is 2.42. The first-order chi connectivity index (χ1) is 8.48. The highest BCUT2D eigenvalue weighted by Crippen LogP contribution is 2.43. The molecule has 0 amide bonds. The van der Waals surface area contributed by atoms with Crippen molar-refractivity contribution in [3.05, 3.63) is 46.0 Å². The molecule has 1 saturated carbocycles. The van der Waals surface area contributed by atoms with Crippen LogP contribution in [0.3, 0.4) is 0 Å². The number of alkyl halides is 3. The van der Waals surface area contributed by atoms with Crippen molar-refractivity contribution >= 4 is 5.65 Å². The second-order valence-corrected chi connectivity index (χ2v) is 4.38. The van der Waals surface area contributed by atoms with E-state index in [4.69, 9.17) is 0 Å². The number of nitrogens with zero attached hydrogens (tertiary/aromatic N) is 2. The summed E-state index contributed by atoms with van der Waals surface area (Å²) in [5.74, 6) is -0.293. The van der Waals surface area contributed by atoms with Crippen molar-refractivity contribution in [3.63, 3.8) is 0 Å². The Morgan fingerprint density at radius 1 is 1.28 bits per heavy atom. The first kappa shape index (κ1) is 11.3. The van der Waals surface area contributed by atoms with Crippen LogP contribution in [0.2, 0.25) is 0 Å². The van der Waals surface area contributed by atoms with E-state index in [1.165, 1.54) is 16.7 Å². The second-order valence-electron chi connectivity index (χ2n) is 4.38. The summed E-state index contributed by atoms with van der Waals surface area (Å²) in [5.41, 5.74) is -1.79. The molecule has 0 bridgehead atoms. The first-order valence-electron chi connectivity index (χ1n) is 5.57. The molecule has 2 aromatic heterocycles. The smallest absolute Gasteiger partial charge is 0.269 e. The van der Waals surface area contributed by atoms with Crippen LogP contribution < -0.4 is 5.56 Å². The minimum Gasteiger partial charge on any atom is -0.269 e. The van der Waals surface area contributed by atoms with E-state index in [0.717, 1.165) is 0 Å². The minimum atomic E-state index is -4.58. The van der Waals surface area contributed by atoms with Crippen LogP contribution in [-0.2, 0) is 6.18 Å². The van der Waals surface area contributed by atoms with Crippen LogP contribution in [0, 0.1) is 0 Å². The topological polar surface area (TPSA) is 34.4 Å². The zero-order valence-electron chi connectivity index (χ0n) is 9.24. The minimum absolute atomic E-state index is 0.0271. The van der Waals surface area contributed by atoms with Gasteiger partial charge in [0.15, 0.2) is 5.69 Å². The number of rotatable bonds is 1. The van der Waals surface area contributed by atoms with Gasteiger partial charge in [0.2, 0.25) is 0 Å². The molecule has 2 aromatic rings. The first-order valence-corrected chi connectivity index (χ1v) is 5.57. The Morgan fingerprint density at radius 2 is 2.00 bits per heavy atom. The van der Waals surface area contributed by atoms with Gasteiger partial charge in [-0.3, -0.25) is 9.20 Å². The van der Waals surface area contributed by atoms with E-state index >= 15 is 0 Å². The number of aromatic nitrogens is 2. The lowest BCUT2D eigenvalue weighted by atomic mass is 10.1. The number of pyridine rings is 1. The van der Waals surface area contributed by atoms with Gasteiger partial charge < -0.3 is 0 Å². The molecule has 94 valence electrons. The van der Waals surface area contributed by atoms with E-state index in [9.17, 15) is 18.0 Å². The maximum absolute atomic E-state index is 12.9. The molecule has 0 atom stereocenters. The van der Waals surface area contributed by atoms with Crippen LogP contribution in [0.4, 0.5) is 13.2 Å². The lowest BCUT2D eigenvalue weighted by Crippen LogP contribution is -2.26. The van der Waals surface area contributed by atoms with Gasteiger partial charge in [0.05, 0.1) is 5.56 Å². The van der Waals surface area contributed by atoms with E-state index < -0.39 is 17.4 Å². The van der Waals surface area contributed by atoms with Crippen LogP contribution in [-0.4, -0.2) is 9.38 Å². The lowest BCUT2D eigenvalue weighted by Gasteiger charge is -2.12. The molecule has 18 heavy (non-hydrogen) atoms. The van der Waals surface area contributed by atoms with Crippen LogP contribution >= 0.6 is 0 Å². The fourth-order valence-corrected chi connectivity index (χ4v) is 2.06. The molecule has 1 aliphatic carbocycles. The summed E-state index contributed by atoms with van der Waals surface area (Å²) < 4.78 is 40.0. The van der Waals surface area contributed by atoms with Crippen LogP contribution in [0.1, 0.15) is 30.0 Å². The zero-order chi connectivity index (χ0) is 12.9. The number of fused-ring (bicyclic) bond motifs is 1. The fourth-order valence-electron chi connectivity index (χ4n) is 2.06. The number of halogens is 3. The molecule has 0 aromatic carbocycles. The van der Waals surface area contributed by atoms with Gasteiger partial charge in [-0.05, 0) is 30.9 Å². The standard InChI is InChI=1S/C12H9F3N2O/c13-12(14,15)10-9(7-4-5-7)11(18)17-6-2-1-3-8(17)16-10/h1-3,6-7H,4-5H2. The fraction of sp³-hybridized carbons (Fsp3) is 0.333. The summed E-state index contributed by atoms with van der Waals surface area (Å²) in [4.78, 5) is 15.7. The Morgan fingerprint density at radius 3 is 2.61 bits per heavy atom. The Bertz CT molecular complexity index is 671. The molecule has 3 nitrogen and oxygen atoms in total. The predicted molar refractivity (Wildman–Crippen MR) is 58.4 cm³/mol. The normalized spacial score (nSPS) is 16.2. The molecule has 0 N–H and O–H groups in total. The summed E-state index contributed by atoms with van der Waals surface area (Å²) in [7, 11) is 0. The zero-order valence-corrected chi connectivity index (χ0v) is 9.24. The van der Waals surface area contributed by atoms with Gasteiger partial charge in [0.1, 0.15) is 5.65 Å². The SMILES string of the molecule is O=c1c(C2CC2)c(C(F)(F)F)nc2ccccn12. The van der Waals surface area contributed by atoms with E-state index in [1.54, 1.807) is 12.1 Å². The Balaban J connectivity index is 2.40. The average Bonchev–Trinajstić information content (AvgIpc) is 3.12. The average molecular weight is 254 g/mol. The van der Waals surface area contributed by atoms with E-state index in [0.29, 0.717) is 12.8 Å². The molecule has 0 saturated heterocycles. The molecule has 6 heteroatoms. The van der Waals surface area contributed by atoms with Gasteiger partial charge in [-0.25, -0.2) is 4.98 Å². The summed E-state index contributed by atoms with van der Waals surface area (Å²) in [6.45, 7) is 0. The Kier molecular flexibility index (Phi) is 2.23. The third-order valence-electron chi connectivity index (χ3n) is 3.02. The predicted octanol–water partition coefficient (Wildman–Crippen LogP) is 2.59. The van der Waals surface area contributed by atoms with E-state index in [1.807, 2.05) is 0 Å². The molecule has 3 rings (SSSR count). The largest absolute Gasteiger partial charge is 0.433 e. The van der Waals surface area contributed by atoms with Crippen molar-refractivity contribution in [2.45, 2.75) is 24.9 Å². The van der Waals surface area contributed by atoms with Crippen molar-refractivity contribution in [3.8, 4) is 0 Å². The lowest BCUT2D eigenvalue weighted by molar-refractivity contribution is -0.141. The molecular formula is C12H9F3N2O. The molecule has 1 aliphatic rings. The summed E-state index contributed by atoms with van der Waals surface area (Å²) in [6, 6.07) is 4.55. The van der Waals surface area contributed by atoms with Crippen molar-refractivity contribution in [2.24, 2.45) is 0 Å². The summed E-state index contributed by atoms with van der Waals surface area (Å²) in [5, 5.41) is 0. The van der Waals surface area contributed by atoms with Crippen molar-refractivity contribution in [1.82, 2.24) is 9.38 Å². The van der Waals surface area contributed by atoms with E-state index in [-0.39, 0.29) is 17.1 Å². The van der Waals surface area contributed by atoms with Gasteiger partial charge in [-0.1, -0.05) is 6.07 Å².